The monoisotopic (exact) mass is 324 g/mol. The Hall–Kier alpha value is -1.40. The van der Waals surface area contributed by atoms with E-state index in [1.807, 2.05) is 12.1 Å². The smallest absolute Gasteiger partial charge is 0.140 e. The van der Waals surface area contributed by atoms with Gasteiger partial charge in [-0.1, -0.05) is 13.3 Å². The van der Waals surface area contributed by atoms with Crippen molar-refractivity contribution in [2.24, 2.45) is 0 Å². The van der Waals surface area contributed by atoms with E-state index >= 15 is 0 Å². The number of nitrogens with two attached hydrogens (primary N) is 1. The Balaban J connectivity index is 2.48. The van der Waals surface area contributed by atoms with Crippen molar-refractivity contribution < 1.29 is 5.11 Å². The Kier molecular flexibility index (Phi) is 4.55. The molecule has 5 nitrogen and oxygen atoms in total. The van der Waals surface area contributed by atoms with E-state index in [-0.39, 0.29) is 12.6 Å². The number of pyridine rings is 2. The van der Waals surface area contributed by atoms with Gasteiger partial charge in [-0.15, -0.1) is 0 Å². The van der Waals surface area contributed by atoms with Crippen LogP contribution in [0.2, 0.25) is 0 Å². The maximum absolute atomic E-state index is 9.41. The van der Waals surface area contributed by atoms with Gasteiger partial charge in [0.15, 0.2) is 0 Å². The van der Waals surface area contributed by atoms with Crippen LogP contribution in [0.3, 0.4) is 0 Å². The summed E-state index contributed by atoms with van der Waals surface area (Å²) < 4.78 is 0.688. The van der Waals surface area contributed by atoms with E-state index in [9.17, 15) is 5.11 Å². The van der Waals surface area contributed by atoms with E-state index in [2.05, 4.69) is 38.1 Å². The Morgan fingerprint density at radius 1 is 1.53 bits per heavy atom. The molecule has 0 aliphatic carbocycles. The second-order valence-corrected chi connectivity index (χ2v) is 5.16. The molecule has 0 aliphatic rings. The molecule has 102 valence electrons. The molecular formula is C13H17BrN4O. The molecular weight excluding hydrogens is 308 g/mol. The molecule has 6 heteroatoms. The molecule has 0 spiro atoms. The maximum atomic E-state index is 9.41. The molecule has 1 atom stereocenters. The second-order valence-electron chi connectivity index (χ2n) is 4.37. The van der Waals surface area contributed by atoms with Gasteiger partial charge in [-0.25, -0.2) is 4.98 Å². The van der Waals surface area contributed by atoms with Gasteiger partial charge in [0, 0.05) is 12.2 Å². The van der Waals surface area contributed by atoms with Gasteiger partial charge >= 0.3 is 0 Å². The molecule has 0 fully saturated rings. The van der Waals surface area contributed by atoms with Crippen molar-refractivity contribution in [3.63, 3.8) is 0 Å². The number of nitrogens with zero attached hydrogens (tertiary/aromatic N) is 2. The summed E-state index contributed by atoms with van der Waals surface area (Å²) in [4.78, 5) is 8.62. The Labute approximate surface area is 120 Å². The summed E-state index contributed by atoms with van der Waals surface area (Å²) >= 11 is 3.44. The maximum Gasteiger partial charge on any atom is 0.140 e. The zero-order chi connectivity index (χ0) is 13.8. The molecule has 19 heavy (non-hydrogen) atoms. The van der Waals surface area contributed by atoms with Gasteiger partial charge in [0.1, 0.15) is 11.3 Å². The predicted molar refractivity (Wildman–Crippen MR) is 81.1 cm³/mol. The van der Waals surface area contributed by atoms with Crippen LogP contribution in [0, 0.1) is 0 Å². The molecule has 4 N–H and O–H groups in total. The third-order valence-electron chi connectivity index (χ3n) is 2.91. The molecule has 2 heterocycles. The summed E-state index contributed by atoms with van der Waals surface area (Å²) in [6.45, 7) is 2.15. The average molecular weight is 325 g/mol. The van der Waals surface area contributed by atoms with E-state index in [4.69, 9.17) is 5.73 Å². The fraction of sp³-hybridized carbons (Fsp3) is 0.385. The third-order valence-corrected chi connectivity index (χ3v) is 3.72. The SMILES string of the molecule is CCCC(CO)Nc1c(Br)c(N)nc2cccnc12. The van der Waals surface area contributed by atoms with Crippen molar-refractivity contribution in [2.75, 3.05) is 17.7 Å². The largest absolute Gasteiger partial charge is 0.394 e. The highest BCUT2D eigenvalue weighted by atomic mass is 79.9. The average Bonchev–Trinajstić information content (AvgIpc) is 2.42. The highest BCUT2D eigenvalue weighted by molar-refractivity contribution is 9.10. The van der Waals surface area contributed by atoms with Crippen molar-refractivity contribution in [2.45, 2.75) is 25.8 Å². The molecule has 2 aromatic rings. The Bertz CT molecular complexity index is 576. The highest BCUT2D eigenvalue weighted by Gasteiger charge is 2.15. The van der Waals surface area contributed by atoms with Gasteiger partial charge in [0.05, 0.1) is 22.3 Å². The normalized spacial score (nSPS) is 12.6. The summed E-state index contributed by atoms with van der Waals surface area (Å²) in [5.41, 5.74) is 8.16. The number of rotatable bonds is 5. The fourth-order valence-corrected chi connectivity index (χ4v) is 2.37. The number of aliphatic hydroxyl groups excluding tert-OH is 1. The highest BCUT2D eigenvalue weighted by Crippen LogP contribution is 2.33. The fourth-order valence-electron chi connectivity index (χ4n) is 1.98. The molecule has 2 aromatic heterocycles. The number of nitrogen functional groups attached to an aromatic ring is 1. The summed E-state index contributed by atoms with van der Waals surface area (Å²) in [5, 5.41) is 12.7. The van der Waals surface area contributed by atoms with Crippen LogP contribution in [0.4, 0.5) is 11.5 Å². The van der Waals surface area contributed by atoms with Gasteiger partial charge in [0.25, 0.3) is 0 Å². The number of hydrogen-bond donors (Lipinski definition) is 3. The van der Waals surface area contributed by atoms with Crippen LogP contribution in [0.25, 0.3) is 11.0 Å². The van der Waals surface area contributed by atoms with Gasteiger partial charge < -0.3 is 16.2 Å². The number of aromatic nitrogens is 2. The van der Waals surface area contributed by atoms with E-state index < -0.39 is 0 Å². The van der Waals surface area contributed by atoms with Crippen LogP contribution in [0.5, 0.6) is 0 Å². The van der Waals surface area contributed by atoms with Crippen molar-refractivity contribution in [3.05, 3.63) is 22.8 Å². The summed E-state index contributed by atoms with van der Waals surface area (Å²) in [5.74, 6) is 0.413. The first-order valence-electron chi connectivity index (χ1n) is 6.24. The quantitative estimate of drug-likeness (QED) is 0.787. The molecule has 0 saturated carbocycles. The van der Waals surface area contributed by atoms with Crippen LogP contribution < -0.4 is 11.1 Å². The molecule has 0 saturated heterocycles. The summed E-state index contributed by atoms with van der Waals surface area (Å²) in [6, 6.07) is 3.67. The Morgan fingerprint density at radius 3 is 3.00 bits per heavy atom. The molecule has 1 unspecified atom stereocenters. The third kappa shape index (κ3) is 2.96. The van der Waals surface area contributed by atoms with E-state index in [1.165, 1.54) is 0 Å². The molecule has 2 rings (SSSR count). The van der Waals surface area contributed by atoms with Crippen LogP contribution in [-0.4, -0.2) is 27.7 Å². The first kappa shape index (κ1) is 14.0. The molecule has 0 aromatic carbocycles. The number of anilines is 2. The number of nitrogens with one attached hydrogen (secondary N) is 1. The molecule has 0 aliphatic heterocycles. The van der Waals surface area contributed by atoms with Gasteiger partial charge in [-0.2, -0.15) is 0 Å². The van der Waals surface area contributed by atoms with Crippen LogP contribution in [-0.2, 0) is 0 Å². The van der Waals surface area contributed by atoms with Crippen molar-refractivity contribution in [1.29, 1.82) is 0 Å². The van der Waals surface area contributed by atoms with E-state index in [1.54, 1.807) is 6.20 Å². The first-order chi connectivity index (χ1) is 9.17. The lowest BCUT2D eigenvalue weighted by molar-refractivity contribution is 0.268. The number of hydrogen-bond acceptors (Lipinski definition) is 5. The van der Waals surface area contributed by atoms with Crippen molar-refractivity contribution in [1.82, 2.24) is 9.97 Å². The van der Waals surface area contributed by atoms with Crippen LogP contribution in [0.15, 0.2) is 22.8 Å². The van der Waals surface area contributed by atoms with E-state index in [0.29, 0.717) is 10.3 Å². The Morgan fingerprint density at radius 2 is 2.32 bits per heavy atom. The lowest BCUT2D eigenvalue weighted by Gasteiger charge is -2.19. The minimum atomic E-state index is -0.0201. The summed E-state index contributed by atoms with van der Waals surface area (Å²) in [7, 11) is 0. The minimum absolute atomic E-state index is 0.0201. The summed E-state index contributed by atoms with van der Waals surface area (Å²) in [6.07, 6.45) is 3.58. The first-order valence-corrected chi connectivity index (χ1v) is 7.03. The zero-order valence-electron chi connectivity index (χ0n) is 10.7. The number of halogens is 1. The number of aliphatic hydroxyl groups is 1. The topological polar surface area (TPSA) is 84.1 Å². The van der Waals surface area contributed by atoms with Crippen molar-refractivity contribution in [3.8, 4) is 0 Å². The standard InChI is InChI=1S/C13H17BrN4O/c1-2-4-8(7-19)17-12-10(14)13(15)18-9-5-3-6-16-11(9)12/h3,5-6,8,19H,2,4,7H2,1H3,(H3,15,17,18). The van der Waals surface area contributed by atoms with Crippen molar-refractivity contribution >= 4 is 38.5 Å². The van der Waals surface area contributed by atoms with Crippen LogP contribution >= 0.6 is 15.9 Å². The molecule has 0 amide bonds. The number of fused-ring (bicyclic) bond motifs is 1. The molecule has 0 bridgehead atoms. The zero-order valence-corrected chi connectivity index (χ0v) is 12.3. The van der Waals surface area contributed by atoms with Gasteiger partial charge in [0.2, 0.25) is 0 Å². The second kappa shape index (κ2) is 6.16. The lowest BCUT2D eigenvalue weighted by Crippen LogP contribution is -2.24. The van der Waals surface area contributed by atoms with Crippen LogP contribution in [0.1, 0.15) is 19.8 Å². The van der Waals surface area contributed by atoms with Gasteiger partial charge in [-0.05, 0) is 34.5 Å². The predicted octanol–water partition coefficient (Wildman–Crippen LogP) is 2.55. The lowest BCUT2D eigenvalue weighted by atomic mass is 10.1. The van der Waals surface area contributed by atoms with Gasteiger partial charge in [-0.3, -0.25) is 4.98 Å². The van der Waals surface area contributed by atoms with E-state index in [0.717, 1.165) is 29.6 Å². The minimum Gasteiger partial charge on any atom is -0.394 e. The molecule has 0 radical (unpaired) electrons.